The van der Waals surface area contributed by atoms with Crippen molar-refractivity contribution in [3.05, 3.63) is 84.0 Å². The van der Waals surface area contributed by atoms with E-state index in [1.54, 1.807) is 12.1 Å². The van der Waals surface area contributed by atoms with Crippen molar-refractivity contribution >= 4 is 11.8 Å². The lowest BCUT2D eigenvalue weighted by molar-refractivity contribution is -0.146. The van der Waals surface area contributed by atoms with Gasteiger partial charge in [0, 0.05) is 24.3 Å². The molecule has 0 unspecified atom stereocenters. The molecule has 1 heterocycles. The minimum atomic E-state index is -0.336. The van der Waals surface area contributed by atoms with E-state index in [9.17, 15) is 14.7 Å². The summed E-state index contributed by atoms with van der Waals surface area (Å²) in [6.07, 6.45) is 8.70. The number of aromatic hydroxyl groups is 1. The highest BCUT2D eigenvalue weighted by atomic mass is 16.5. The first kappa shape index (κ1) is 20.6. The molecule has 1 saturated heterocycles. The summed E-state index contributed by atoms with van der Waals surface area (Å²) in [5.74, 6) is 0.220. The number of likely N-dealkylation sites (tertiary alicyclic amines) is 1. The number of hydrogen-bond acceptors (Lipinski definition) is 4. The van der Waals surface area contributed by atoms with Crippen LogP contribution in [0, 0.1) is 11.8 Å². The Labute approximate surface area is 188 Å². The van der Waals surface area contributed by atoms with E-state index in [0.717, 1.165) is 16.9 Å². The number of rotatable bonds is 5. The predicted molar refractivity (Wildman–Crippen MR) is 121 cm³/mol. The second-order valence-electron chi connectivity index (χ2n) is 9.43. The van der Waals surface area contributed by atoms with Gasteiger partial charge in [-0.15, -0.1) is 0 Å². The Hall–Kier alpha value is -3.34. The summed E-state index contributed by atoms with van der Waals surface area (Å²) in [6.45, 7) is 4.30. The number of phenolic OH excluding ortho intramolecular Hbond substituents is 1. The van der Waals surface area contributed by atoms with Crippen molar-refractivity contribution in [3.63, 3.8) is 0 Å². The van der Waals surface area contributed by atoms with Crippen molar-refractivity contribution in [2.75, 3.05) is 0 Å². The molecule has 2 fully saturated rings. The summed E-state index contributed by atoms with van der Waals surface area (Å²) >= 11 is 0. The van der Waals surface area contributed by atoms with Gasteiger partial charge < -0.3 is 9.84 Å². The molecule has 0 aromatic heterocycles. The summed E-state index contributed by atoms with van der Waals surface area (Å²) < 4.78 is 6.11. The number of allylic oxidation sites excluding steroid dienone is 2. The van der Waals surface area contributed by atoms with Gasteiger partial charge in [-0.1, -0.05) is 62.4 Å². The lowest BCUT2D eigenvalue weighted by Crippen LogP contribution is -2.51. The van der Waals surface area contributed by atoms with Gasteiger partial charge in [0.2, 0.25) is 11.8 Å². The number of benzene rings is 2. The minimum Gasteiger partial charge on any atom is -0.508 e. The van der Waals surface area contributed by atoms with E-state index >= 15 is 0 Å². The summed E-state index contributed by atoms with van der Waals surface area (Å²) in [7, 11) is 0. The molecular formula is C27H27NO4. The summed E-state index contributed by atoms with van der Waals surface area (Å²) in [5.41, 5.74) is 2.07. The van der Waals surface area contributed by atoms with Gasteiger partial charge in [0.15, 0.2) is 0 Å². The number of fused-ring (bicyclic) bond motifs is 1. The molecular weight excluding hydrogens is 402 g/mol. The molecule has 1 saturated carbocycles. The van der Waals surface area contributed by atoms with Gasteiger partial charge in [0.05, 0.1) is 11.8 Å². The highest BCUT2D eigenvalue weighted by Crippen LogP contribution is 2.39. The molecule has 2 atom stereocenters. The van der Waals surface area contributed by atoms with Gasteiger partial charge in [-0.3, -0.25) is 14.5 Å². The molecule has 2 amide bonds. The molecule has 5 rings (SSSR count). The predicted octanol–water partition coefficient (Wildman–Crippen LogP) is 4.36. The Kier molecular flexibility index (Phi) is 4.92. The lowest BCUT2D eigenvalue weighted by atomic mass is 9.78. The van der Waals surface area contributed by atoms with Crippen LogP contribution < -0.4 is 4.74 Å². The van der Waals surface area contributed by atoms with Crippen LogP contribution in [-0.2, 0) is 15.0 Å². The van der Waals surface area contributed by atoms with Gasteiger partial charge in [-0.2, -0.15) is 0 Å². The van der Waals surface area contributed by atoms with Crippen LogP contribution in [0.5, 0.6) is 11.5 Å². The number of carbonyl (C=O) groups is 2. The van der Waals surface area contributed by atoms with E-state index in [1.165, 1.54) is 4.90 Å². The fourth-order valence-electron chi connectivity index (χ4n) is 4.90. The van der Waals surface area contributed by atoms with Crippen molar-refractivity contribution in [3.8, 4) is 11.5 Å². The van der Waals surface area contributed by atoms with Crippen LogP contribution in [0.2, 0.25) is 0 Å². The van der Waals surface area contributed by atoms with Crippen LogP contribution >= 0.6 is 0 Å². The molecule has 2 aliphatic carbocycles. The quantitative estimate of drug-likeness (QED) is 0.718. The molecule has 5 heteroatoms. The van der Waals surface area contributed by atoms with Crippen LogP contribution in [0.1, 0.15) is 37.8 Å². The summed E-state index contributed by atoms with van der Waals surface area (Å²) in [4.78, 5) is 26.8. The molecule has 0 bridgehead atoms. The van der Waals surface area contributed by atoms with E-state index in [0.29, 0.717) is 12.8 Å². The van der Waals surface area contributed by atoms with Crippen molar-refractivity contribution in [1.29, 1.82) is 0 Å². The molecule has 32 heavy (non-hydrogen) atoms. The summed E-state index contributed by atoms with van der Waals surface area (Å²) in [6, 6.07) is 15.3. The molecule has 0 spiro atoms. The van der Waals surface area contributed by atoms with Gasteiger partial charge in [0.1, 0.15) is 17.6 Å². The fourth-order valence-corrected chi connectivity index (χ4v) is 4.90. The normalized spacial score (nSPS) is 26.8. The Morgan fingerprint density at radius 2 is 1.34 bits per heavy atom. The molecule has 1 aliphatic heterocycles. The molecule has 2 aromatic rings. The fraction of sp³-hybridized carbons (Fsp3) is 0.333. The Morgan fingerprint density at radius 1 is 0.844 bits per heavy atom. The van der Waals surface area contributed by atoms with Crippen molar-refractivity contribution < 1.29 is 19.4 Å². The van der Waals surface area contributed by atoms with E-state index in [4.69, 9.17) is 4.74 Å². The SMILES string of the molecule is CC(C)(c1ccc(O)cc1)c1ccc(OC2CC(N3C(=O)[C@H]4C=CC=C[C@@H]4C3=O)C2)cc1. The van der Waals surface area contributed by atoms with Gasteiger partial charge in [-0.25, -0.2) is 0 Å². The topological polar surface area (TPSA) is 66.8 Å². The van der Waals surface area contributed by atoms with Crippen LogP contribution in [0.4, 0.5) is 0 Å². The highest BCUT2D eigenvalue weighted by Gasteiger charge is 2.51. The van der Waals surface area contributed by atoms with Gasteiger partial charge >= 0.3 is 0 Å². The monoisotopic (exact) mass is 429 g/mol. The second kappa shape index (κ2) is 7.66. The van der Waals surface area contributed by atoms with Crippen molar-refractivity contribution in [2.45, 2.75) is 44.2 Å². The number of imide groups is 1. The first-order valence-electron chi connectivity index (χ1n) is 11.1. The maximum absolute atomic E-state index is 12.7. The number of phenols is 1. The minimum absolute atomic E-state index is 0.00488. The maximum Gasteiger partial charge on any atom is 0.237 e. The largest absolute Gasteiger partial charge is 0.508 e. The number of nitrogens with zero attached hydrogens (tertiary/aromatic N) is 1. The molecule has 2 aromatic carbocycles. The van der Waals surface area contributed by atoms with Crippen LogP contribution in [0.15, 0.2) is 72.8 Å². The number of carbonyl (C=O) groups excluding carboxylic acids is 2. The number of amides is 2. The van der Waals surface area contributed by atoms with E-state index in [-0.39, 0.29) is 47.0 Å². The van der Waals surface area contributed by atoms with Crippen LogP contribution in [0.25, 0.3) is 0 Å². The Balaban J connectivity index is 1.20. The van der Waals surface area contributed by atoms with E-state index < -0.39 is 0 Å². The Morgan fingerprint density at radius 3 is 1.88 bits per heavy atom. The third-order valence-electron chi connectivity index (χ3n) is 7.08. The van der Waals surface area contributed by atoms with E-state index in [2.05, 4.69) is 26.0 Å². The smallest absolute Gasteiger partial charge is 0.237 e. The highest BCUT2D eigenvalue weighted by molar-refractivity contribution is 6.07. The zero-order chi connectivity index (χ0) is 22.5. The van der Waals surface area contributed by atoms with Gasteiger partial charge in [-0.05, 0) is 35.4 Å². The van der Waals surface area contributed by atoms with Crippen molar-refractivity contribution in [2.24, 2.45) is 11.8 Å². The molecule has 164 valence electrons. The Bertz CT molecular complexity index is 1060. The standard InChI is InChI=1S/C27H27NO4/c1-27(2,17-7-11-20(29)12-8-17)18-9-13-21(14-10-18)32-22-15-19(16-22)28-25(30)23-5-3-4-6-24(23)26(28)31/h3-14,19,22-24,29H,15-16H2,1-2H3/t19?,22?,23-,24-/m0/s1. The first-order valence-corrected chi connectivity index (χ1v) is 11.1. The third kappa shape index (κ3) is 3.42. The molecule has 0 radical (unpaired) electrons. The lowest BCUT2D eigenvalue weighted by Gasteiger charge is -2.40. The zero-order valence-electron chi connectivity index (χ0n) is 18.3. The average Bonchev–Trinajstić information content (AvgIpc) is 3.01. The van der Waals surface area contributed by atoms with Gasteiger partial charge in [0.25, 0.3) is 0 Å². The van der Waals surface area contributed by atoms with Crippen LogP contribution in [-0.4, -0.2) is 34.0 Å². The molecule has 5 nitrogen and oxygen atoms in total. The number of ether oxygens (including phenoxy) is 1. The molecule has 3 aliphatic rings. The summed E-state index contributed by atoms with van der Waals surface area (Å²) in [5, 5.41) is 9.55. The molecule has 1 N–H and O–H groups in total. The van der Waals surface area contributed by atoms with Crippen molar-refractivity contribution in [1.82, 2.24) is 4.90 Å². The maximum atomic E-state index is 12.7. The zero-order valence-corrected chi connectivity index (χ0v) is 18.3. The first-order chi connectivity index (χ1) is 15.3. The second-order valence-corrected chi connectivity index (χ2v) is 9.43. The number of hydrogen-bond donors (Lipinski definition) is 1. The average molecular weight is 430 g/mol. The third-order valence-corrected chi connectivity index (χ3v) is 7.08. The van der Waals surface area contributed by atoms with Crippen LogP contribution in [0.3, 0.4) is 0 Å². The van der Waals surface area contributed by atoms with E-state index in [1.807, 2.05) is 48.6 Å².